The number of benzene rings is 2. The van der Waals surface area contributed by atoms with Crippen LogP contribution in [0.5, 0.6) is 5.75 Å². The summed E-state index contributed by atoms with van der Waals surface area (Å²) in [6, 6.07) is 13.0. The van der Waals surface area contributed by atoms with E-state index in [1.165, 1.54) is 4.90 Å². The molecule has 3 rings (SSSR count). The monoisotopic (exact) mass is 454 g/mol. The van der Waals surface area contributed by atoms with Crippen molar-refractivity contribution >= 4 is 12.1 Å². The van der Waals surface area contributed by atoms with Gasteiger partial charge in [-0.2, -0.15) is 5.48 Å². The van der Waals surface area contributed by atoms with Crippen LogP contribution in [0, 0.1) is 0 Å². The molecule has 1 aliphatic heterocycles. The van der Waals surface area contributed by atoms with Gasteiger partial charge in [-0.25, -0.2) is 9.59 Å². The van der Waals surface area contributed by atoms with E-state index in [-0.39, 0.29) is 19.8 Å². The van der Waals surface area contributed by atoms with Crippen molar-refractivity contribution in [3.63, 3.8) is 0 Å². The molecule has 33 heavy (non-hydrogen) atoms. The fourth-order valence-corrected chi connectivity index (χ4v) is 3.67. The lowest BCUT2D eigenvalue weighted by Crippen LogP contribution is -2.49. The second-order valence-electron chi connectivity index (χ2n) is 8.68. The number of carbonyl (C=O) groups is 2. The molecule has 2 aromatic rings. The minimum atomic E-state index is -1.23. The lowest BCUT2D eigenvalue weighted by atomic mass is 9.89. The van der Waals surface area contributed by atoms with Gasteiger partial charge in [0.1, 0.15) is 18.0 Å². The van der Waals surface area contributed by atoms with Crippen LogP contribution < -0.4 is 10.2 Å². The van der Waals surface area contributed by atoms with Gasteiger partial charge in [-0.15, -0.1) is 0 Å². The number of nitrogens with zero attached hydrogens (tertiary/aromatic N) is 1. The molecule has 176 valence electrons. The van der Waals surface area contributed by atoms with Crippen molar-refractivity contribution < 1.29 is 29.0 Å². The summed E-state index contributed by atoms with van der Waals surface area (Å²) in [5, 5.41) is 10.0. The number of carboxylic acid groups (broad SMARTS) is 1. The maximum absolute atomic E-state index is 13.0. The van der Waals surface area contributed by atoms with Crippen molar-refractivity contribution in [1.29, 1.82) is 0 Å². The van der Waals surface area contributed by atoms with Crippen LogP contribution in [0.15, 0.2) is 61.2 Å². The third-order valence-corrected chi connectivity index (χ3v) is 4.96. The normalized spacial score (nSPS) is 17.7. The van der Waals surface area contributed by atoms with Crippen molar-refractivity contribution in [3.8, 4) is 5.75 Å². The number of hydroxylamine groups is 1. The summed E-state index contributed by atoms with van der Waals surface area (Å²) < 4.78 is 11.3. The molecule has 0 aliphatic carbocycles. The predicted octanol–water partition coefficient (Wildman–Crippen LogP) is 4.39. The molecule has 2 aromatic carbocycles. The lowest BCUT2D eigenvalue weighted by molar-refractivity contribution is -0.144. The zero-order chi connectivity index (χ0) is 24.0. The zero-order valence-corrected chi connectivity index (χ0v) is 19.1. The molecule has 0 saturated heterocycles. The average molecular weight is 455 g/mol. The van der Waals surface area contributed by atoms with E-state index in [0.717, 1.165) is 5.56 Å². The SMILES string of the molecule is C=CCOc1cccc2c1C(NOCc1ccccc1)CN(C(=O)OC(C)(C)C)C2C(=O)O. The summed E-state index contributed by atoms with van der Waals surface area (Å²) in [5.74, 6) is -0.657. The number of carboxylic acids is 1. The second kappa shape index (κ2) is 10.5. The van der Waals surface area contributed by atoms with Gasteiger partial charge in [-0.3, -0.25) is 9.74 Å². The van der Waals surface area contributed by atoms with Gasteiger partial charge in [0.15, 0.2) is 6.04 Å². The van der Waals surface area contributed by atoms with Gasteiger partial charge in [0.25, 0.3) is 0 Å². The van der Waals surface area contributed by atoms with E-state index >= 15 is 0 Å². The summed E-state index contributed by atoms with van der Waals surface area (Å²) in [5.41, 5.74) is 4.25. The Balaban J connectivity index is 1.95. The second-order valence-corrected chi connectivity index (χ2v) is 8.68. The molecular formula is C25H30N2O6. The molecular weight excluding hydrogens is 424 g/mol. The molecule has 8 heteroatoms. The lowest BCUT2D eigenvalue weighted by Gasteiger charge is -2.40. The van der Waals surface area contributed by atoms with E-state index in [1.807, 2.05) is 30.3 Å². The van der Waals surface area contributed by atoms with Crippen molar-refractivity contribution in [2.24, 2.45) is 0 Å². The number of amides is 1. The molecule has 0 saturated carbocycles. The molecule has 0 spiro atoms. The molecule has 8 nitrogen and oxygen atoms in total. The van der Waals surface area contributed by atoms with E-state index in [9.17, 15) is 14.7 Å². The van der Waals surface area contributed by atoms with E-state index in [2.05, 4.69) is 12.1 Å². The van der Waals surface area contributed by atoms with Crippen molar-refractivity contribution in [2.75, 3.05) is 13.2 Å². The minimum absolute atomic E-state index is 0.0160. The Morgan fingerprint density at radius 2 is 1.91 bits per heavy atom. The Kier molecular flexibility index (Phi) is 7.73. The highest BCUT2D eigenvalue weighted by Gasteiger charge is 2.43. The third-order valence-electron chi connectivity index (χ3n) is 4.96. The molecule has 0 aromatic heterocycles. The van der Waals surface area contributed by atoms with Crippen LogP contribution in [0.4, 0.5) is 4.79 Å². The predicted molar refractivity (Wildman–Crippen MR) is 123 cm³/mol. The number of ether oxygens (including phenoxy) is 2. The highest BCUT2D eigenvalue weighted by Crippen LogP contribution is 2.41. The molecule has 1 aliphatic rings. The Bertz CT molecular complexity index is 986. The van der Waals surface area contributed by atoms with Crippen LogP contribution >= 0.6 is 0 Å². The molecule has 2 atom stereocenters. The molecule has 1 amide bonds. The van der Waals surface area contributed by atoms with Crippen molar-refractivity contribution in [2.45, 2.75) is 45.1 Å². The summed E-state index contributed by atoms with van der Waals surface area (Å²) in [7, 11) is 0. The number of hydrogen-bond donors (Lipinski definition) is 2. The first-order chi connectivity index (χ1) is 15.7. The fraction of sp³-hybridized carbons (Fsp3) is 0.360. The van der Waals surface area contributed by atoms with Crippen LogP contribution in [0.2, 0.25) is 0 Å². The van der Waals surface area contributed by atoms with Gasteiger partial charge in [0.2, 0.25) is 0 Å². The first-order valence-corrected chi connectivity index (χ1v) is 10.7. The van der Waals surface area contributed by atoms with Gasteiger partial charge in [-0.05, 0) is 38.0 Å². The fourth-order valence-electron chi connectivity index (χ4n) is 3.67. The number of rotatable bonds is 8. The molecule has 2 unspecified atom stereocenters. The number of fused-ring (bicyclic) bond motifs is 1. The van der Waals surface area contributed by atoms with E-state index in [0.29, 0.717) is 16.9 Å². The van der Waals surface area contributed by atoms with Gasteiger partial charge in [0.05, 0.1) is 12.6 Å². The zero-order valence-electron chi connectivity index (χ0n) is 19.1. The third kappa shape index (κ3) is 6.12. The van der Waals surface area contributed by atoms with Gasteiger partial charge >= 0.3 is 12.1 Å². The molecule has 2 N–H and O–H groups in total. The standard InChI is InChI=1S/C25H30N2O6/c1-5-14-31-20-13-9-12-18-21(20)19(26-32-16-17-10-7-6-8-11-17)15-27(22(18)23(28)29)24(30)33-25(2,3)4/h5-13,19,22,26H,1,14-16H2,2-4H3,(H,28,29). The Morgan fingerprint density at radius 3 is 2.55 bits per heavy atom. The molecule has 1 heterocycles. The summed E-state index contributed by atoms with van der Waals surface area (Å²) in [4.78, 5) is 32.2. The Labute approximate surface area is 193 Å². The smallest absolute Gasteiger partial charge is 0.411 e. The molecule has 0 radical (unpaired) electrons. The Morgan fingerprint density at radius 1 is 1.18 bits per heavy atom. The van der Waals surface area contributed by atoms with Crippen LogP contribution in [0.1, 0.15) is 49.5 Å². The first kappa shape index (κ1) is 24.3. The Hall–Kier alpha value is -3.36. The minimum Gasteiger partial charge on any atom is -0.489 e. The summed E-state index contributed by atoms with van der Waals surface area (Å²) in [6.07, 6.45) is 0.894. The summed E-state index contributed by atoms with van der Waals surface area (Å²) >= 11 is 0. The van der Waals surface area contributed by atoms with E-state index < -0.39 is 29.7 Å². The first-order valence-electron chi connectivity index (χ1n) is 10.7. The number of hydrogen-bond acceptors (Lipinski definition) is 6. The largest absolute Gasteiger partial charge is 0.489 e. The van der Waals surface area contributed by atoms with Crippen molar-refractivity contribution in [3.05, 3.63) is 77.9 Å². The van der Waals surface area contributed by atoms with E-state index in [1.54, 1.807) is 45.0 Å². The number of aliphatic carboxylic acids is 1. The van der Waals surface area contributed by atoms with Crippen LogP contribution in [0.25, 0.3) is 0 Å². The number of nitrogens with one attached hydrogen (secondary N) is 1. The average Bonchev–Trinajstić information content (AvgIpc) is 2.76. The van der Waals surface area contributed by atoms with E-state index in [4.69, 9.17) is 14.3 Å². The highest BCUT2D eigenvalue weighted by atomic mass is 16.6. The maximum atomic E-state index is 13.0. The van der Waals surface area contributed by atoms with Gasteiger partial charge < -0.3 is 14.6 Å². The van der Waals surface area contributed by atoms with Crippen LogP contribution in [0.3, 0.4) is 0 Å². The molecule has 0 fully saturated rings. The van der Waals surface area contributed by atoms with Crippen molar-refractivity contribution in [1.82, 2.24) is 10.4 Å². The number of carbonyl (C=O) groups excluding carboxylic acids is 1. The topological polar surface area (TPSA) is 97.3 Å². The van der Waals surface area contributed by atoms with Crippen LogP contribution in [-0.2, 0) is 21.0 Å². The van der Waals surface area contributed by atoms with Gasteiger partial charge in [0, 0.05) is 12.1 Å². The molecule has 0 bridgehead atoms. The van der Waals surface area contributed by atoms with Gasteiger partial charge in [-0.1, -0.05) is 55.1 Å². The summed E-state index contributed by atoms with van der Waals surface area (Å²) in [6.45, 7) is 9.43. The quantitative estimate of drug-likeness (QED) is 0.451. The maximum Gasteiger partial charge on any atom is 0.411 e. The van der Waals surface area contributed by atoms with Crippen LogP contribution in [-0.4, -0.2) is 40.8 Å². The highest BCUT2D eigenvalue weighted by molar-refractivity contribution is 5.83.